The predicted octanol–water partition coefficient (Wildman–Crippen LogP) is 5.93. The van der Waals surface area contributed by atoms with Gasteiger partial charge in [-0.05, 0) is 60.4 Å². The molecule has 1 heterocycles. The van der Waals surface area contributed by atoms with E-state index in [1.54, 1.807) is 12.1 Å². The summed E-state index contributed by atoms with van der Waals surface area (Å²) in [5, 5.41) is 13.5. The third-order valence-corrected chi connectivity index (χ3v) is 5.40. The highest BCUT2D eigenvalue weighted by Crippen LogP contribution is 2.29. The van der Waals surface area contributed by atoms with Gasteiger partial charge in [-0.2, -0.15) is 0 Å². The van der Waals surface area contributed by atoms with E-state index in [-0.39, 0.29) is 18.2 Å². The highest BCUT2D eigenvalue weighted by Gasteiger charge is 2.12. The number of hydrogen-bond donors (Lipinski definition) is 1. The van der Waals surface area contributed by atoms with Crippen molar-refractivity contribution in [2.24, 2.45) is 0 Å². The van der Waals surface area contributed by atoms with Crippen LogP contribution in [0, 0.1) is 10.1 Å². The van der Waals surface area contributed by atoms with Crippen LogP contribution in [0.3, 0.4) is 0 Å². The molecule has 1 amide bonds. The van der Waals surface area contributed by atoms with Crippen molar-refractivity contribution in [1.82, 2.24) is 4.98 Å². The number of nitrogens with one attached hydrogen (secondary N) is 1. The third kappa shape index (κ3) is 5.17. The van der Waals surface area contributed by atoms with Gasteiger partial charge in [-0.15, -0.1) is 0 Å². The second-order valence-corrected chi connectivity index (χ2v) is 7.72. The van der Waals surface area contributed by atoms with Gasteiger partial charge in [0.15, 0.2) is 12.2 Å². The number of benzene rings is 3. The van der Waals surface area contributed by atoms with E-state index in [1.165, 1.54) is 29.8 Å². The number of amides is 1. The Morgan fingerprint density at radius 1 is 1.15 bits per heavy atom. The van der Waals surface area contributed by atoms with E-state index < -0.39 is 4.92 Å². The number of oxazole rings is 1. The average molecular weight is 445 g/mol. The molecule has 8 nitrogen and oxygen atoms in total. The summed E-state index contributed by atoms with van der Waals surface area (Å²) in [7, 11) is 0. The van der Waals surface area contributed by atoms with Crippen molar-refractivity contribution in [3.05, 3.63) is 82.4 Å². The molecule has 0 aliphatic rings. The number of carbonyl (C=O) groups excluding carboxylic acids is 1. The van der Waals surface area contributed by atoms with Gasteiger partial charge in [0.05, 0.1) is 4.92 Å². The minimum atomic E-state index is -0.495. The van der Waals surface area contributed by atoms with Gasteiger partial charge in [0.1, 0.15) is 11.3 Å². The lowest BCUT2D eigenvalue weighted by Crippen LogP contribution is -2.20. The molecule has 1 aromatic heterocycles. The maximum Gasteiger partial charge on any atom is 0.269 e. The Bertz CT molecular complexity index is 1300. The van der Waals surface area contributed by atoms with Crippen molar-refractivity contribution in [2.75, 3.05) is 11.9 Å². The summed E-state index contributed by atoms with van der Waals surface area (Å²) < 4.78 is 11.3. The molecular weight excluding hydrogens is 422 g/mol. The minimum Gasteiger partial charge on any atom is -0.484 e. The molecule has 4 rings (SSSR count). The summed E-state index contributed by atoms with van der Waals surface area (Å²) in [5.41, 5.74) is 4.01. The first-order chi connectivity index (χ1) is 15.9. The third-order valence-electron chi connectivity index (χ3n) is 5.40. The van der Waals surface area contributed by atoms with E-state index >= 15 is 0 Å². The lowest BCUT2D eigenvalue weighted by Gasteiger charge is -2.08. The van der Waals surface area contributed by atoms with E-state index in [9.17, 15) is 14.9 Å². The topological polar surface area (TPSA) is 108 Å². The molecule has 168 valence electrons. The number of nitro benzene ring substituents is 1. The Morgan fingerprint density at radius 2 is 1.94 bits per heavy atom. The van der Waals surface area contributed by atoms with E-state index in [0.29, 0.717) is 28.8 Å². The number of fused-ring (bicyclic) bond motifs is 1. The number of rotatable bonds is 8. The van der Waals surface area contributed by atoms with Crippen LogP contribution in [0.2, 0.25) is 0 Å². The zero-order chi connectivity index (χ0) is 23.4. The van der Waals surface area contributed by atoms with Crippen LogP contribution in [0.4, 0.5) is 11.4 Å². The molecule has 33 heavy (non-hydrogen) atoms. The number of carbonyl (C=O) groups is 1. The Balaban J connectivity index is 1.43. The minimum absolute atomic E-state index is 0.0427. The van der Waals surface area contributed by atoms with Gasteiger partial charge >= 0.3 is 0 Å². The molecular formula is C25H23N3O5. The lowest BCUT2D eigenvalue weighted by molar-refractivity contribution is -0.384. The Hall–Kier alpha value is -4.20. The molecule has 0 bridgehead atoms. The van der Waals surface area contributed by atoms with Crippen molar-refractivity contribution in [3.8, 4) is 17.2 Å². The average Bonchev–Trinajstić information content (AvgIpc) is 3.26. The largest absolute Gasteiger partial charge is 0.484 e. The van der Waals surface area contributed by atoms with Gasteiger partial charge in [-0.1, -0.05) is 26.0 Å². The van der Waals surface area contributed by atoms with E-state index in [4.69, 9.17) is 9.15 Å². The van der Waals surface area contributed by atoms with Crippen molar-refractivity contribution in [1.29, 1.82) is 0 Å². The zero-order valence-electron chi connectivity index (χ0n) is 18.3. The molecule has 1 unspecified atom stereocenters. The maximum absolute atomic E-state index is 12.3. The summed E-state index contributed by atoms with van der Waals surface area (Å²) in [6, 6.07) is 18.8. The molecule has 0 saturated heterocycles. The molecule has 4 aromatic rings. The molecule has 0 fully saturated rings. The van der Waals surface area contributed by atoms with Crippen molar-refractivity contribution >= 4 is 28.4 Å². The first-order valence-electron chi connectivity index (χ1n) is 10.6. The van der Waals surface area contributed by atoms with Gasteiger partial charge in [-0.3, -0.25) is 14.9 Å². The van der Waals surface area contributed by atoms with Gasteiger partial charge in [0.25, 0.3) is 11.6 Å². The molecule has 0 aliphatic carbocycles. The Morgan fingerprint density at radius 3 is 2.67 bits per heavy atom. The Labute approximate surface area is 190 Å². The number of non-ortho nitro benzene ring substituents is 1. The molecule has 0 saturated carbocycles. The van der Waals surface area contributed by atoms with Crippen LogP contribution in [-0.4, -0.2) is 22.4 Å². The fourth-order valence-corrected chi connectivity index (χ4v) is 3.35. The van der Waals surface area contributed by atoms with Gasteiger partial charge in [0.2, 0.25) is 5.89 Å². The van der Waals surface area contributed by atoms with Crippen molar-refractivity contribution in [2.45, 2.75) is 26.2 Å². The number of ether oxygens (including phenoxy) is 1. The maximum atomic E-state index is 12.3. The monoisotopic (exact) mass is 445 g/mol. The predicted molar refractivity (Wildman–Crippen MR) is 125 cm³/mol. The van der Waals surface area contributed by atoms with E-state index in [2.05, 4.69) is 36.3 Å². The molecule has 3 aromatic carbocycles. The Kier molecular flexibility index (Phi) is 6.35. The summed E-state index contributed by atoms with van der Waals surface area (Å²) in [6.07, 6.45) is 1.05. The second kappa shape index (κ2) is 9.52. The summed E-state index contributed by atoms with van der Waals surface area (Å²) in [5.74, 6) is 0.930. The normalized spacial score (nSPS) is 11.8. The summed E-state index contributed by atoms with van der Waals surface area (Å²) in [4.78, 5) is 27.1. The molecule has 0 aliphatic heterocycles. The van der Waals surface area contributed by atoms with Crippen LogP contribution >= 0.6 is 0 Å². The van der Waals surface area contributed by atoms with Gasteiger partial charge < -0.3 is 14.5 Å². The fourth-order valence-electron chi connectivity index (χ4n) is 3.35. The smallest absolute Gasteiger partial charge is 0.269 e. The zero-order valence-corrected chi connectivity index (χ0v) is 18.3. The SMILES string of the molecule is CCC(C)c1ccc2oc(-c3cccc(NC(=O)COc4ccc([N+](=O)[O-])cc4)c3)nc2c1. The van der Waals surface area contributed by atoms with Crippen LogP contribution in [0.1, 0.15) is 31.7 Å². The standard InChI is InChI=1S/C25H23N3O5/c1-3-16(2)17-7-12-23-22(14-17)27-25(33-23)18-5-4-6-19(13-18)26-24(29)15-32-21-10-8-20(9-11-21)28(30)31/h4-14,16H,3,15H2,1-2H3,(H,26,29). The number of hydrogen-bond acceptors (Lipinski definition) is 6. The summed E-state index contributed by atoms with van der Waals surface area (Å²) in [6.45, 7) is 4.10. The molecule has 1 N–H and O–H groups in total. The quantitative estimate of drug-likeness (QED) is 0.266. The molecule has 8 heteroatoms. The van der Waals surface area contributed by atoms with Crippen molar-refractivity contribution in [3.63, 3.8) is 0 Å². The number of nitrogens with zero attached hydrogens (tertiary/aromatic N) is 2. The molecule has 1 atom stereocenters. The number of nitro groups is 1. The molecule has 0 radical (unpaired) electrons. The van der Waals surface area contributed by atoms with Crippen LogP contribution in [0.15, 0.2) is 71.1 Å². The fraction of sp³-hybridized carbons (Fsp3) is 0.200. The van der Waals surface area contributed by atoms with Gasteiger partial charge in [-0.25, -0.2) is 4.98 Å². The first-order valence-corrected chi connectivity index (χ1v) is 10.6. The number of aromatic nitrogens is 1. The van der Waals surface area contributed by atoms with Crippen LogP contribution in [0.5, 0.6) is 5.75 Å². The highest BCUT2D eigenvalue weighted by atomic mass is 16.6. The van der Waals surface area contributed by atoms with E-state index in [1.807, 2.05) is 18.2 Å². The van der Waals surface area contributed by atoms with Crippen LogP contribution in [-0.2, 0) is 4.79 Å². The van der Waals surface area contributed by atoms with Gasteiger partial charge in [0, 0.05) is 23.4 Å². The van der Waals surface area contributed by atoms with Crippen molar-refractivity contribution < 1.29 is 18.9 Å². The number of anilines is 1. The van der Waals surface area contributed by atoms with E-state index in [0.717, 1.165) is 17.5 Å². The van der Waals surface area contributed by atoms with Crippen LogP contribution in [0.25, 0.3) is 22.6 Å². The second-order valence-electron chi connectivity index (χ2n) is 7.72. The molecule has 0 spiro atoms. The summed E-state index contributed by atoms with van der Waals surface area (Å²) >= 11 is 0. The van der Waals surface area contributed by atoms with Crippen LogP contribution < -0.4 is 10.1 Å². The lowest BCUT2D eigenvalue weighted by atomic mass is 9.98. The first kappa shape index (κ1) is 22.0. The highest BCUT2D eigenvalue weighted by molar-refractivity contribution is 5.92.